The zero-order valence-corrected chi connectivity index (χ0v) is 19.9. The van der Waals surface area contributed by atoms with Crippen LogP contribution in [-0.2, 0) is 14.3 Å². The lowest BCUT2D eigenvalue weighted by atomic mass is 10.1. The van der Waals surface area contributed by atoms with Gasteiger partial charge in [-0.1, -0.05) is 29.3 Å². The first-order valence-electron chi connectivity index (χ1n) is 11.1. The van der Waals surface area contributed by atoms with E-state index in [0.29, 0.717) is 29.4 Å². The van der Waals surface area contributed by atoms with Crippen molar-refractivity contribution < 1.29 is 19.1 Å². The highest BCUT2D eigenvalue weighted by Gasteiger charge is 2.36. The molecular formula is C25H28ClN3O4. The molecule has 8 heteroatoms. The molecule has 0 bridgehead atoms. The molecule has 2 aromatic carbocycles. The number of aryl methyl sites for hydroxylation is 2. The highest BCUT2D eigenvalue weighted by Crippen LogP contribution is 2.33. The number of nitrogens with zero attached hydrogens (tertiary/aromatic N) is 3. The highest BCUT2D eigenvalue weighted by molar-refractivity contribution is 6.34. The molecule has 0 spiro atoms. The summed E-state index contributed by atoms with van der Waals surface area (Å²) in [5.41, 5.74) is 4.68. The number of piperazine rings is 1. The van der Waals surface area contributed by atoms with E-state index in [4.69, 9.17) is 16.3 Å². The van der Waals surface area contributed by atoms with Crippen LogP contribution in [0.2, 0.25) is 5.02 Å². The predicted octanol–water partition coefficient (Wildman–Crippen LogP) is 3.45. The van der Waals surface area contributed by atoms with Gasteiger partial charge < -0.3 is 19.4 Å². The maximum Gasteiger partial charge on any atom is 0.311 e. The third kappa shape index (κ3) is 4.69. The first-order chi connectivity index (χ1) is 15.8. The van der Waals surface area contributed by atoms with Crippen molar-refractivity contribution in [2.75, 3.05) is 49.6 Å². The number of carbonyl (C=O) groups excluding carboxylic acids is 3. The second kappa shape index (κ2) is 9.43. The number of ether oxygens (including phenoxy) is 1. The fourth-order valence-electron chi connectivity index (χ4n) is 4.62. The maximum atomic E-state index is 13.1. The number of hydrogen-bond donors (Lipinski definition) is 0. The maximum absolute atomic E-state index is 13.1. The minimum atomic E-state index is -0.506. The summed E-state index contributed by atoms with van der Waals surface area (Å²) in [6.07, 6.45) is 0.0917. The summed E-state index contributed by atoms with van der Waals surface area (Å²) >= 11 is 6.46. The first-order valence-corrected chi connectivity index (χ1v) is 11.5. The fourth-order valence-corrected chi connectivity index (χ4v) is 4.90. The van der Waals surface area contributed by atoms with Crippen LogP contribution in [0.4, 0.5) is 11.4 Å². The number of hydrogen-bond acceptors (Lipinski definition) is 5. The Morgan fingerprint density at radius 1 is 1.00 bits per heavy atom. The summed E-state index contributed by atoms with van der Waals surface area (Å²) in [5, 5.41) is 0.314. The van der Waals surface area contributed by atoms with Crippen LogP contribution >= 0.6 is 11.6 Å². The summed E-state index contributed by atoms with van der Waals surface area (Å²) in [6, 6.07) is 11.4. The predicted molar refractivity (Wildman–Crippen MR) is 128 cm³/mol. The summed E-state index contributed by atoms with van der Waals surface area (Å²) in [5.74, 6) is -1.18. The molecule has 1 unspecified atom stereocenters. The average Bonchev–Trinajstić information content (AvgIpc) is 3.19. The Morgan fingerprint density at radius 3 is 2.33 bits per heavy atom. The number of rotatable bonds is 4. The van der Waals surface area contributed by atoms with Crippen LogP contribution in [0.1, 0.15) is 27.9 Å². The summed E-state index contributed by atoms with van der Waals surface area (Å²) in [4.78, 5) is 42.9. The molecule has 0 N–H and O–H groups in total. The molecule has 2 heterocycles. The van der Waals surface area contributed by atoms with Gasteiger partial charge in [-0.05, 0) is 43.7 Å². The van der Waals surface area contributed by atoms with E-state index in [1.165, 1.54) is 28.8 Å². The quantitative estimate of drug-likeness (QED) is 0.641. The summed E-state index contributed by atoms with van der Waals surface area (Å²) in [7, 11) is 1.31. The minimum absolute atomic E-state index is 0.0797. The lowest BCUT2D eigenvalue weighted by Crippen LogP contribution is -2.49. The number of amides is 2. The van der Waals surface area contributed by atoms with Crippen LogP contribution in [0.15, 0.2) is 36.4 Å². The molecule has 33 heavy (non-hydrogen) atoms. The van der Waals surface area contributed by atoms with E-state index < -0.39 is 11.9 Å². The molecule has 0 saturated carbocycles. The molecule has 2 aliphatic heterocycles. The summed E-state index contributed by atoms with van der Waals surface area (Å²) in [6.45, 7) is 7.19. The first kappa shape index (κ1) is 23.1. The van der Waals surface area contributed by atoms with Crippen molar-refractivity contribution in [2.24, 2.45) is 5.92 Å². The number of halogens is 1. The van der Waals surface area contributed by atoms with E-state index in [-0.39, 0.29) is 24.8 Å². The Balaban J connectivity index is 1.42. The van der Waals surface area contributed by atoms with Gasteiger partial charge in [-0.15, -0.1) is 0 Å². The monoisotopic (exact) mass is 469 g/mol. The Labute approximate surface area is 198 Å². The van der Waals surface area contributed by atoms with Crippen molar-refractivity contribution in [2.45, 2.75) is 20.3 Å². The van der Waals surface area contributed by atoms with Gasteiger partial charge in [-0.3, -0.25) is 14.4 Å². The zero-order chi connectivity index (χ0) is 23.7. The molecule has 2 saturated heterocycles. The number of carbonyl (C=O) groups is 3. The van der Waals surface area contributed by atoms with Gasteiger partial charge in [0, 0.05) is 50.4 Å². The molecule has 2 aliphatic rings. The molecule has 0 radical (unpaired) electrons. The van der Waals surface area contributed by atoms with Crippen LogP contribution in [0.5, 0.6) is 0 Å². The Hall–Kier alpha value is -3.06. The molecule has 7 nitrogen and oxygen atoms in total. The Kier molecular flexibility index (Phi) is 6.61. The Bertz CT molecular complexity index is 1100. The number of benzene rings is 2. The van der Waals surface area contributed by atoms with Gasteiger partial charge in [0.1, 0.15) is 0 Å². The molecule has 4 rings (SSSR count). The van der Waals surface area contributed by atoms with E-state index >= 15 is 0 Å². The molecular weight excluding hydrogens is 442 g/mol. The van der Waals surface area contributed by atoms with Gasteiger partial charge in [0.15, 0.2) is 0 Å². The lowest BCUT2D eigenvalue weighted by molar-refractivity contribution is -0.145. The van der Waals surface area contributed by atoms with Crippen molar-refractivity contribution >= 4 is 40.8 Å². The van der Waals surface area contributed by atoms with Crippen molar-refractivity contribution in [3.8, 4) is 0 Å². The molecule has 2 fully saturated rings. The van der Waals surface area contributed by atoms with Gasteiger partial charge >= 0.3 is 5.97 Å². The van der Waals surface area contributed by atoms with E-state index in [9.17, 15) is 14.4 Å². The second-order valence-corrected chi connectivity index (χ2v) is 9.07. The SMILES string of the molecule is COC(=O)C1CC(=O)N(c2ccc(C(=O)N3CCN(c4ccc(C)cc4C)CC3)cc2Cl)C1. The summed E-state index contributed by atoms with van der Waals surface area (Å²) < 4.78 is 4.76. The molecule has 174 valence electrons. The van der Waals surface area contributed by atoms with E-state index in [0.717, 1.165) is 13.1 Å². The van der Waals surface area contributed by atoms with Crippen molar-refractivity contribution in [1.29, 1.82) is 0 Å². The second-order valence-electron chi connectivity index (χ2n) is 8.66. The van der Waals surface area contributed by atoms with E-state index in [1.807, 2.05) is 4.90 Å². The van der Waals surface area contributed by atoms with Crippen LogP contribution < -0.4 is 9.80 Å². The van der Waals surface area contributed by atoms with Gasteiger partial charge in [0.25, 0.3) is 5.91 Å². The van der Waals surface area contributed by atoms with E-state index in [1.54, 1.807) is 18.2 Å². The largest absolute Gasteiger partial charge is 0.469 e. The minimum Gasteiger partial charge on any atom is -0.469 e. The van der Waals surface area contributed by atoms with Crippen LogP contribution in [0.3, 0.4) is 0 Å². The van der Waals surface area contributed by atoms with Gasteiger partial charge in [-0.25, -0.2) is 0 Å². The van der Waals surface area contributed by atoms with E-state index in [2.05, 4.69) is 36.9 Å². The molecule has 0 aliphatic carbocycles. The normalized spacial score (nSPS) is 18.6. The van der Waals surface area contributed by atoms with Crippen molar-refractivity contribution in [3.05, 3.63) is 58.1 Å². The van der Waals surface area contributed by atoms with Crippen LogP contribution in [-0.4, -0.2) is 62.5 Å². The third-order valence-corrected chi connectivity index (χ3v) is 6.71. The zero-order valence-electron chi connectivity index (χ0n) is 19.1. The van der Waals surface area contributed by atoms with Crippen molar-refractivity contribution in [3.63, 3.8) is 0 Å². The smallest absolute Gasteiger partial charge is 0.311 e. The highest BCUT2D eigenvalue weighted by atomic mass is 35.5. The topological polar surface area (TPSA) is 70.2 Å². The number of esters is 1. The molecule has 2 amide bonds. The standard InChI is InChI=1S/C25H28ClN3O4/c1-16-4-6-21(17(2)12-16)27-8-10-28(11-9-27)24(31)18-5-7-22(20(26)13-18)29-15-19(14-23(29)30)25(32)33-3/h4-7,12-13,19H,8-11,14-15H2,1-3H3. The van der Waals surface area contributed by atoms with Gasteiger partial charge in [0.05, 0.1) is 23.7 Å². The molecule has 1 atom stereocenters. The van der Waals surface area contributed by atoms with Gasteiger partial charge in [-0.2, -0.15) is 0 Å². The molecule has 2 aromatic rings. The lowest BCUT2D eigenvalue weighted by Gasteiger charge is -2.37. The molecule has 0 aromatic heterocycles. The number of anilines is 2. The van der Waals surface area contributed by atoms with Crippen molar-refractivity contribution in [1.82, 2.24) is 4.90 Å². The van der Waals surface area contributed by atoms with Gasteiger partial charge in [0.2, 0.25) is 5.91 Å². The van der Waals surface area contributed by atoms with Crippen LogP contribution in [0.25, 0.3) is 0 Å². The van der Waals surface area contributed by atoms with Crippen LogP contribution in [0, 0.1) is 19.8 Å². The third-order valence-electron chi connectivity index (χ3n) is 6.40. The Morgan fingerprint density at radius 2 is 1.70 bits per heavy atom. The average molecular weight is 470 g/mol. The fraction of sp³-hybridized carbons (Fsp3) is 0.400. The number of methoxy groups -OCH3 is 1.